The quantitative estimate of drug-likeness (QED) is 0.593. The van der Waals surface area contributed by atoms with E-state index < -0.39 is 0 Å². The summed E-state index contributed by atoms with van der Waals surface area (Å²) >= 11 is 0. The molecule has 0 aliphatic carbocycles. The number of aliphatic hydroxyl groups is 1. The Morgan fingerprint density at radius 3 is 2.31 bits per heavy atom. The van der Waals surface area contributed by atoms with Gasteiger partial charge in [-0.15, -0.1) is 0 Å². The van der Waals surface area contributed by atoms with Crippen molar-refractivity contribution in [1.82, 2.24) is 0 Å². The first-order valence-corrected chi connectivity index (χ1v) is 5.04. The minimum atomic E-state index is -0.228. The van der Waals surface area contributed by atoms with Gasteiger partial charge in [-0.25, -0.2) is 0 Å². The Morgan fingerprint density at radius 2 is 1.85 bits per heavy atom. The molecule has 0 aromatic heterocycles. The molecule has 0 aliphatic rings. The normalized spacial score (nSPS) is 13.6. The average Bonchev–Trinajstić information content (AvgIpc) is 2.04. The third-order valence-electron chi connectivity index (χ3n) is 1.72. The Bertz CT molecular complexity index is 98.3. The molecular weight excluding hydrogens is 168 g/mol. The molecular formula is C10H22O3. The van der Waals surface area contributed by atoms with Crippen LogP contribution in [-0.4, -0.2) is 31.2 Å². The first kappa shape index (κ1) is 12.9. The van der Waals surface area contributed by atoms with Gasteiger partial charge in [-0.1, -0.05) is 13.8 Å². The Morgan fingerprint density at radius 1 is 1.15 bits per heavy atom. The number of rotatable bonds is 8. The fourth-order valence-electron chi connectivity index (χ4n) is 0.941. The van der Waals surface area contributed by atoms with E-state index in [0.717, 1.165) is 6.42 Å². The van der Waals surface area contributed by atoms with Crippen LogP contribution in [0.5, 0.6) is 0 Å². The van der Waals surface area contributed by atoms with Crippen LogP contribution in [-0.2, 0) is 9.47 Å². The third kappa shape index (κ3) is 8.22. The lowest BCUT2D eigenvalue weighted by atomic mass is 10.1. The van der Waals surface area contributed by atoms with Crippen molar-refractivity contribution >= 4 is 0 Å². The van der Waals surface area contributed by atoms with E-state index in [1.54, 1.807) is 0 Å². The van der Waals surface area contributed by atoms with Crippen molar-refractivity contribution in [2.75, 3.05) is 19.8 Å². The second-order valence-electron chi connectivity index (χ2n) is 3.45. The van der Waals surface area contributed by atoms with Crippen LogP contribution in [0.1, 0.15) is 33.6 Å². The molecule has 0 aliphatic heterocycles. The summed E-state index contributed by atoms with van der Waals surface area (Å²) < 4.78 is 10.7. The summed E-state index contributed by atoms with van der Waals surface area (Å²) in [4.78, 5) is 0. The van der Waals surface area contributed by atoms with E-state index in [0.29, 0.717) is 25.6 Å². The summed E-state index contributed by atoms with van der Waals surface area (Å²) in [6, 6.07) is 0. The van der Waals surface area contributed by atoms with Crippen molar-refractivity contribution < 1.29 is 14.6 Å². The van der Waals surface area contributed by atoms with E-state index in [4.69, 9.17) is 14.6 Å². The zero-order valence-corrected chi connectivity index (χ0v) is 8.95. The highest BCUT2D eigenvalue weighted by atomic mass is 16.7. The predicted molar refractivity (Wildman–Crippen MR) is 52.5 cm³/mol. The van der Waals surface area contributed by atoms with Crippen LogP contribution in [0.3, 0.4) is 0 Å². The average molecular weight is 190 g/mol. The molecule has 13 heavy (non-hydrogen) atoms. The van der Waals surface area contributed by atoms with Gasteiger partial charge >= 0.3 is 0 Å². The van der Waals surface area contributed by atoms with Crippen molar-refractivity contribution in [3.05, 3.63) is 0 Å². The molecule has 0 aromatic carbocycles. The summed E-state index contributed by atoms with van der Waals surface area (Å²) in [6.07, 6.45) is 1.37. The number of aliphatic hydroxyl groups excluding tert-OH is 1. The zero-order valence-electron chi connectivity index (χ0n) is 8.95. The molecule has 1 unspecified atom stereocenters. The van der Waals surface area contributed by atoms with Crippen molar-refractivity contribution in [3.63, 3.8) is 0 Å². The van der Waals surface area contributed by atoms with Gasteiger partial charge in [0, 0.05) is 26.2 Å². The van der Waals surface area contributed by atoms with Crippen LogP contribution in [0.2, 0.25) is 0 Å². The van der Waals surface area contributed by atoms with E-state index in [1.807, 2.05) is 6.92 Å². The van der Waals surface area contributed by atoms with Crippen LogP contribution >= 0.6 is 0 Å². The van der Waals surface area contributed by atoms with Crippen LogP contribution in [0, 0.1) is 5.92 Å². The minimum absolute atomic E-state index is 0.117. The second-order valence-corrected chi connectivity index (χ2v) is 3.45. The first-order valence-electron chi connectivity index (χ1n) is 5.04. The monoisotopic (exact) mass is 190 g/mol. The molecule has 0 aromatic rings. The van der Waals surface area contributed by atoms with Gasteiger partial charge in [0.05, 0.1) is 0 Å². The molecule has 3 heteroatoms. The standard InChI is InChI=1S/C10H22O3/c1-4-12-10(5-7-11)13-8-6-9(2)3/h9-11H,4-8H2,1-3H3. The van der Waals surface area contributed by atoms with Gasteiger partial charge in [0.1, 0.15) is 0 Å². The maximum Gasteiger partial charge on any atom is 0.159 e. The fourth-order valence-corrected chi connectivity index (χ4v) is 0.941. The van der Waals surface area contributed by atoms with Crippen molar-refractivity contribution in [2.24, 2.45) is 5.92 Å². The minimum Gasteiger partial charge on any atom is -0.396 e. The smallest absolute Gasteiger partial charge is 0.159 e. The summed E-state index contributed by atoms with van der Waals surface area (Å²) in [6.45, 7) is 7.70. The molecule has 0 radical (unpaired) electrons. The van der Waals surface area contributed by atoms with Gasteiger partial charge in [-0.3, -0.25) is 0 Å². The largest absolute Gasteiger partial charge is 0.396 e. The molecule has 0 amide bonds. The highest BCUT2D eigenvalue weighted by molar-refractivity contribution is 4.47. The molecule has 80 valence electrons. The summed E-state index contributed by atoms with van der Waals surface area (Å²) in [5, 5.41) is 8.71. The lowest BCUT2D eigenvalue weighted by Crippen LogP contribution is -2.19. The van der Waals surface area contributed by atoms with E-state index in [2.05, 4.69) is 13.8 Å². The zero-order chi connectivity index (χ0) is 10.1. The lowest BCUT2D eigenvalue weighted by molar-refractivity contribution is -0.148. The maximum atomic E-state index is 8.71. The van der Waals surface area contributed by atoms with Crippen molar-refractivity contribution in [1.29, 1.82) is 0 Å². The van der Waals surface area contributed by atoms with Crippen LogP contribution in [0.4, 0.5) is 0 Å². The summed E-state index contributed by atoms with van der Waals surface area (Å²) in [5.41, 5.74) is 0. The molecule has 0 heterocycles. The Labute approximate surface area is 81.0 Å². The fraction of sp³-hybridized carbons (Fsp3) is 1.00. The topological polar surface area (TPSA) is 38.7 Å². The van der Waals surface area contributed by atoms with Gasteiger partial charge in [0.15, 0.2) is 6.29 Å². The molecule has 0 fully saturated rings. The van der Waals surface area contributed by atoms with Crippen molar-refractivity contribution in [2.45, 2.75) is 39.9 Å². The molecule has 0 rings (SSSR count). The summed E-state index contributed by atoms with van der Waals surface area (Å²) in [5.74, 6) is 0.649. The van der Waals surface area contributed by atoms with E-state index in [-0.39, 0.29) is 12.9 Å². The van der Waals surface area contributed by atoms with Gasteiger partial charge in [-0.2, -0.15) is 0 Å². The second kappa shape index (κ2) is 8.48. The van der Waals surface area contributed by atoms with Gasteiger partial charge in [-0.05, 0) is 19.3 Å². The highest BCUT2D eigenvalue weighted by Gasteiger charge is 2.07. The van der Waals surface area contributed by atoms with Crippen LogP contribution < -0.4 is 0 Å². The van der Waals surface area contributed by atoms with Gasteiger partial charge in [0.25, 0.3) is 0 Å². The first-order chi connectivity index (χ1) is 6.20. The predicted octanol–water partition coefficient (Wildman–Crippen LogP) is 1.79. The molecule has 3 nitrogen and oxygen atoms in total. The Hall–Kier alpha value is -0.120. The third-order valence-corrected chi connectivity index (χ3v) is 1.72. The molecule has 1 N–H and O–H groups in total. The molecule has 0 saturated carbocycles. The Kier molecular flexibility index (Phi) is 8.40. The number of hydrogen-bond donors (Lipinski definition) is 1. The van der Waals surface area contributed by atoms with E-state index in [9.17, 15) is 0 Å². The Balaban J connectivity index is 3.44. The summed E-state index contributed by atoms with van der Waals surface area (Å²) in [7, 11) is 0. The van der Waals surface area contributed by atoms with Crippen LogP contribution in [0.15, 0.2) is 0 Å². The molecule has 0 saturated heterocycles. The van der Waals surface area contributed by atoms with Gasteiger partial charge < -0.3 is 14.6 Å². The maximum absolute atomic E-state index is 8.71. The molecule has 0 spiro atoms. The lowest BCUT2D eigenvalue weighted by Gasteiger charge is -2.17. The van der Waals surface area contributed by atoms with E-state index in [1.165, 1.54) is 0 Å². The van der Waals surface area contributed by atoms with Crippen molar-refractivity contribution in [3.8, 4) is 0 Å². The highest BCUT2D eigenvalue weighted by Crippen LogP contribution is 2.04. The number of ether oxygens (including phenoxy) is 2. The van der Waals surface area contributed by atoms with Gasteiger partial charge in [0.2, 0.25) is 0 Å². The SMILES string of the molecule is CCOC(CCO)OCCC(C)C. The van der Waals surface area contributed by atoms with Crippen LogP contribution in [0.25, 0.3) is 0 Å². The number of hydrogen-bond acceptors (Lipinski definition) is 3. The molecule has 1 atom stereocenters. The molecule has 0 bridgehead atoms. The van der Waals surface area contributed by atoms with E-state index >= 15 is 0 Å².